The van der Waals surface area contributed by atoms with Crippen molar-refractivity contribution in [2.45, 2.75) is 6.42 Å². The summed E-state index contributed by atoms with van der Waals surface area (Å²) in [6.07, 6.45) is 0.376. The van der Waals surface area contributed by atoms with E-state index in [4.69, 9.17) is 16.3 Å². The molecule has 0 unspecified atom stereocenters. The number of fused-ring (bicyclic) bond motifs is 1. The zero-order chi connectivity index (χ0) is 13.1. The molecule has 18 heavy (non-hydrogen) atoms. The molecule has 96 valence electrons. The zero-order valence-electron chi connectivity index (χ0n) is 9.90. The van der Waals surface area contributed by atoms with E-state index in [1.807, 2.05) is 6.07 Å². The summed E-state index contributed by atoms with van der Waals surface area (Å²) >= 11 is 5.42. The molecule has 0 radical (unpaired) electrons. The van der Waals surface area contributed by atoms with Crippen molar-refractivity contribution in [3.8, 4) is 0 Å². The Bertz CT molecular complexity index is 490. The van der Waals surface area contributed by atoms with E-state index in [0.29, 0.717) is 12.2 Å². The van der Waals surface area contributed by atoms with Crippen molar-refractivity contribution in [2.75, 3.05) is 29.8 Å². The number of methoxy groups -OCH3 is 1. The first-order valence-electron chi connectivity index (χ1n) is 5.50. The maximum Gasteiger partial charge on any atom is 0.414 e. The Balaban J connectivity index is 2.20. The van der Waals surface area contributed by atoms with E-state index in [9.17, 15) is 9.59 Å². The third-order valence-electron chi connectivity index (χ3n) is 2.78. The van der Waals surface area contributed by atoms with Crippen LogP contribution in [-0.4, -0.2) is 31.5 Å². The van der Waals surface area contributed by atoms with Gasteiger partial charge in [0.05, 0.1) is 12.8 Å². The highest BCUT2D eigenvalue weighted by Gasteiger charge is 2.25. The van der Waals surface area contributed by atoms with Crippen molar-refractivity contribution in [1.82, 2.24) is 0 Å². The normalized spacial score (nSPS) is 13.1. The minimum absolute atomic E-state index is 0.0780. The molecule has 2 amide bonds. The standard InChI is InChI=1S/C12H13ClN2O3/c1-18-12(17)15-5-4-8-6-9(2-3-10(8)15)14-11(16)7-13/h2-3,6H,4-5,7H2,1H3,(H,14,16). The Morgan fingerprint density at radius 3 is 2.94 bits per heavy atom. The number of halogens is 1. The first-order chi connectivity index (χ1) is 8.65. The van der Waals surface area contributed by atoms with Gasteiger partial charge in [-0.15, -0.1) is 11.6 Å². The predicted molar refractivity (Wildman–Crippen MR) is 69.2 cm³/mol. The van der Waals surface area contributed by atoms with Gasteiger partial charge in [-0.3, -0.25) is 9.69 Å². The average molecular weight is 269 g/mol. The fraction of sp³-hybridized carbons (Fsp3) is 0.333. The van der Waals surface area contributed by atoms with Crippen molar-refractivity contribution < 1.29 is 14.3 Å². The number of rotatable bonds is 2. The molecule has 0 fully saturated rings. The van der Waals surface area contributed by atoms with Crippen molar-refractivity contribution in [1.29, 1.82) is 0 Å². The van der Waals surface area contributed by atoms with Gasteiger partial charge in [0.15, 0.2) is 0 Å². The lowest BCUT2D eigenvalue weighted by Crippen LogP contribution is -2.28. The first kappa shape index (κ1) is 12.7. The van der Waals surface area contributed by atoms with E-state index in [1.54, 1.807) is 17.0 Å². The summed E-state index contributed by atoms with van der Waals surface area (Å²) in [6.45, 7) is 0.592. The number of amides is 2. The largest absolute Gasteiger partial charge is 0.452 e. The molecule has 0 spiro atoms. The van der Waals surface area contributed by atoms with Gasteiger partial charge in [0.25, 0.3) is 0 Å². The number of carbonyl (C=O) groups excluding carboxylic acids is 2. The highest BCUT2D eigenvalue weighted by molar-refractivity contribution is 6.29. The summed E-state index contributed by atoms with van der Waals surface area (Å²) in [5, 5.41) is 2.67. The number of anilines is 2. The third kappa shape index (κ3) is 2.41. The lowest BCUT2D eigenvalue weighted by Gasteiger charge is -2.15. The van der Waals surface area contributed by atoms with E-state index in [2.05, 4.69) is 5.32 Å². The van der Waals surface area contributed by atoms with Gasteiger partial charge in [0.2, 0.25) is 5.91 Å². The molecular weight excluding hydrogens is 256 g/mol. The summed E-state index contributed by atoms with van der Waals surface area (Å²) in [4.78, 5) is 24.2. The van der Waals surface area contributed by atoms with Gasteiger partial charge in [-0.2, -0.15) is 0 Å². The minimum Gasteiger partial charge on any atom is -0.452 e. The van der Waals surface area contributed by atoms with Gasteiger partial charge < -0.3 is 10.1 Å². The third-order valence-corrected chi connectivity index (χ3v) is 3.02. The van der Waals surface area contributed by atoms with E-state index in [0.717, 1.165) is 17.7 Å². The van der Waals surface area contributed by atoms with E-state index < -0.39 is 0 Å². The van der Waals surface area contributed by atoms with Crippen LogP contribution >= 0.6 is 11.6 Å². The number of carbonyl (C=O) groups is 2. The molecule has 1 aromatic carbocycles. The summed E-state index contributed by atoms with van der Waals surface area (Å²) in [7, 11) is 1.36. The first-order valence-corrected chi connectivity index (χ1v) is 6.03. The SMILES string of the molecule is COC(=O)N1CCc2cc(NC(=O)CCl)ccc21. The molecule has 0 aromatic heterocycles. The minimum atomic E-state index is -0.369. The van der Waals surface area contributed by atoms with Crippen LogP contribution in [0.5, 0.6) is 0 Å². The fourth-order valence-electron chi connectivity index (χ4n) is 1.97. The molecule has 1 aliphatic heterocycles. The number of alkyl halides is 1. The summed E-state index contributed by atoms with van der Waals surface area (Å²) < 4.78 is 4.70. The topological polar surface area (TPSA) is 58.6 Å². The quantitative estimate of drug-likeness (QED) is 0.835. The molecular formula is C12H13ClN2O3. The van der Waals surface area contributed by atoms with E-state index in [-0.39, 0.29) is 17.9 Å². The maximum absolute atomic E-state index is 11.5. The molecule has 1 aromatic rings. The van der Waals surface area contributed by atoms with Gasteiger partial charge in [0.1, 0.15) is 5.88 Å². The van der Waals surface area contributed by atoms with Gasteiger partial charge in [-0.05, 0) is 30.2 Å². The Morgan fingerprint density at radius 2 is 2.28 bits per heavy atom. The monoisotopic (exact) mass is 268 g/mol. The Morgan fingerprint density at radius 1 is 1.50 bits per heavy atom. The Kier molecular flexibility index (Phi) is 3.72. The number of hydrogen-bond donors (Lipinski definition) is 1. The van der Waals surface area contributed by atoms with Crippen molar-refractivity contribution in [3.05, 3.63) is 23.8 Å². The summed E-state index contributed by atoms with van der Waals surface area (Å²) in [5.41, 5.74) is 2.52. The van der Waals surface area contributed by atoms with Crippen LogP contribution in [0.25, 0.3) is 0 Å². The molecule has 1 aliphatic rings. The lowest BCUT2D eigenvalue weighted by molar-refractivity contribution is -0.113. The molecule has 6 heteroatoms. The van der Waals surface area contributed by atoms with Crippen LogP contribution in [-0.2, 0) is 16.0 Å². The Hall–Kier alpha value is -1.75. The molecule has 1 heterocycles. The average Bonchev–Trinajstić information content (AvgIpc) is 2.80. The second kappa shape index (κ2) is 5.27. The van der Waals surface area contributed by atoms with Crippen LogP contribution in [0, 0.1) is 0 Å². The van der Waals surface area contributed by atoms with Gasteiger partial charge in [-0.1, -0.05) is 0 Å². The Labute approximate surface area is 110 Å². The molecule has 0 saturated carbocycles. The van der Waals surface area contributed by atoms with Crippen LogP contribution in [0.1, 0.15) is 5.56 Å². The highest BCUT2D eigenvalue weighted by Crippen LogP contribution is 2.30. The number of hydrogen-bond acceptors (Lipinski definition) is 3. The van der Waals surface area contributed by atoms with Crippen LogP contribution in [0.4, 0.5) is 16.2 Å². The fourth-order valence-corrected chi connectivity index (χ4v) is 2.04. The van der Waals surface area contributed by atoms with Crippen LogP contribution in [0.2, 0.25) is 0 Å². The lowest BCUT2D eigenvalue weighted by atomic mass is 10.1. The van der Waals surface area contributed by atoms with E-state index >= 15 is 0 Å². The molecule has 1 N–H and O–H groups in total. The van der Waals surface area contributed by atoms with Crippen LogP contribution < -0.4 is 10.2 Å². The van der Waals surface area contributed by atoms with Crippen LogP contribution in [0.15, 0.2) is 18.2 Å². The number of benzene rings is 1. The van der Waals surface area contributed by atoms with Crippen molar-refractivity contribution in [2.24, 2.45) is 0 Å². The molecule has 0 aliphatic carbocycles. The second-order valence-electron chi connectivity index (χ2n) is 3.90. The smallest absolute Gasteiger partial charge is 0.414 e. The van der Waals surface area contributed by atoms with Crippen molar-refractivity contribution >= 4 is 35.0 Å². The van der Waals surface area contributed by atoms with Gasteiger partial charge >= 0.3 is 6.09 Å². The number of nitrogens with zero attached hydrogens (tertiary/aromatic N) is 1. The van der Waals surface area contributed by atoms with Crippen molar-refractivity contribution in [3.63, 3.8) is 0 Å². The maximum atomic E-state index is 11.5. The summed E-state index contributed by atoms with van der Waals surface area (Å²) in [5.74, 6) is -0.329. The molecule has 0 atom stereocenters. The van der Waals surface area contributed by atoms with Crippen LogP contribution in [0.3, 0.4) is 0 Å². The predicted octanol–water partition coefficient (Wildman–Crippen LogP) is 1.99. The molecule has 2 rings (SSSR count). The number of ether oxygens (including phenoxy) is 1. The van der Waals surface area contributed by atoms with Gasteiger partial charge in [0, 0.05) is 12.2 Å². The molecule has 5 nitrogen and oxygen atoms in total. The van der Waals surface area contributed by atoms with Gasteiger partial charge in [-0.25, -0.2) is 4.79 Å². The zero-order valence-corrected chi connectivity index (χ0v) is 10.7. The number of nitrogens with one attached hydrogen (secondary N) is 1. The molecule has 0 saturated heterocycles. The summed E-state index contributed by atoms with van der Waals surface area (Å²) in [6, 6.07) is 5.39. The van der Waals surface area contributed by atoms with E-state index in [1.165, 1.54) is 7.11 Å². The highest BCUT2D eigenvalue weighted by atomic mass is 35.5. The second-order valence-corrected chi connectivity index (χ2v) is 4.16. The molecule has 0 bridgehead atoms.